The monoisotopic (exact) mass is 73.0 g/mol. The highest BCUT2D eigenvalue weighted by atomic mass is 17.2. The van der Waals surface area contributed by atoms with Crippen LogP contribution >= 0.6 is 0 Å². The Kier molecular flexibility index (Phi) is 0.571. The smallest absolute Gasteiger partial charge is 0.138 e. The minimum atomic E-state index is 0.722. The molecule has 28 valence electrons. The summed E-state index contributed by atoms with van der Waals surface area (Å²) in [6, 6.07) is 0. The molecule has 0 atom stereocenters. The first-order valence-electron chi connectivity index (χ1n) is 1.60. The minimum absolute atomic E-state index is 0.722. The summed E-state index contributed by atoms with van der Waals surface area (Å²) in [6.45, 7) is 0.722. The van der Waals surface area contributed by atoms with E-state index in [1.54, 1.807) is 6.29 Å². The van der Waals surface area contributed by atoms with E-state index in [0.29, 0.717) is 0 Å². The van der Waals surface area contributed by atoms with Gasteiger partial charge in [-0.05, 0) is 0 Å². The van der Waals surface area contributed by atoms with Crippen LogP contribution in [0.2, 0.25) is 0 Å². The van der Waals surface area contributed by atoms with E-state index in [0.717, 1.165) is 13.0 Å². The van der Waals surface area contributed by atoms with Crippen LogP contribution in [-0.2, 0) is 9.46 Å². The molecule has 0 amide bonds. The van der Waals surface area contributed by atoms with Crippen molar-refractivity contribution in [1.29, 1.82) is 0 Å². The summed E-state index contributed by atoms with van der Waals surface area (Å²) in [5, 5.41) is 0. The lowest BCUT2D eigenvalue weighted by atomic mass is 10.5. The summed E-state index contributed by atoms with van der Waals surface area (Å²) in [6.07, 6.45) is 2.57. The van der Waals surface area contributed by atoms with Crippen molar-refractivity contribution in [2.75, 3.05) is 6.61 Å². The van der Waals surface area contributed by atoms with Crippen molar-refractivity contribution < 1.29 is 9.46 Å². The number of hydrogen-bond acceptors (Lipinski definition) is 1. The second-order valence-electron chi connectivity index (χ2n) is 0.874. The van der Waals surface area contributed by atoms with E-state index >= 15 is 0 Å². The summed E-state index contributed by atoms with van der Waals surface area (Å²) in [4.78, 5) is 4.39. The van der Waals surface area contributed by atoms with Crippen molar-refractivity contribution in [3.8, 4) is 0 Å². The normalized spacial score (nSPS) is 19.2. The van der Waals surface area contributed by atoms with Crippen LogP contribution in [0.1, 0.15) is 6.42 Å². The van der Waals surface area contributed by atoms with Crippen molar-refractivity contribution in [2.24, 2.45) is 0 Å². The lowest BCUT2D eigenvalue weighted by Gasteiger charge is -1.59. The zero-order valence-corrected chi connectivity index (χ0v) is 2.81. The van der Waals surface area contributed by atoms with Gasteiger partial charge in [0.25, 0.3) is 0 Å². The molecule has 0 aliphatic carbocycles. The minimum Gasteiger partial charge on any atom is -0.138 e. The van der Waals surface area contributed by atoms with Gasteiger partial charge in [0.05, 0.1) is 0 Å². The van der Waals surface area contributed by atoms with Gasteiger partial charge < -0.3 is 0 Å². The van der Waals surface area contributed by atoms with Crippen LogP contribution in [0.4, 0.5) is 0 Å². The summed E-state index contributed by atoms with van der Waals surface area (Å²) in [7, 11) is 0. The van der Waals surface area contributed by atoms with E-state index in [4.69, 9.17) is 0 Å². The van der Waals surface area contributed by atoms with Crippen LogP contribution in [-0.4, -0.2) is 12.9 Å². The lowest BCUT2D eigenvalue weighted by molar-refractivity contribution is -0.739. The molecule has 0 aromatic heterocycles. The molecule has 0 radical (unpaired) electrons. The van der Waals surface area contributed by atoms with Crippen molar-refractivity contribution in [3.63, 3.8) is 0 Å². The predicted molar refractivity (Wildman–Crippen MR) is 16.6 cm³/mol. The Bertz CT molecular complexity index is 42.9. The largest absolute Gasteiger partial charge is 0.378 e. The summed E-state index contributed by atoms with van der Waals surface area (Å²) in [5.74, 6) is 0. The molecule has 0 spiro atoms. The Morgan fingerprint density at radius 1 is 1.80 bits per heavy atom. The summed E-state index contributed by atoms with van der Waals surface area (Å²) >= 11 is 0. The number of aldehydes is 1. The third-order valence-corrected chi connectivity index (χ3v) is 0.455. The van der Waals surface area contributed by atoms with Crippen molar-refractivity contribution >= 4 is 6.29 Å². The van der Waals surface area contributed by atoms with Crippen LogP contribution in [0.5, 0.6) is 0 Å². The molecule has 0 N–H and O–H groups in total. The van der Waals surface area contributed by atoms with E-state index in [1.165, 1.54) is 0 Å². The first-order chi connectivity index (χ1) is 2.50. The highest BCUT2D eigenvalue weighted by Gasteiger charge is 2.02. The Hall–Kier alpha value is -0.530. The van der Waals surface area contributed by atoms with Crippen molar-refractivity contribution in [1.82, 2.24) is 0 Å². The zero-order valence-electron chi connectivity index (χ0n) is 2.81. The first kappa shape index (κ1) is 2.69. The molecule has 0 bridgehead atoms. The Morgan fingerprint density at radius 2 is 2.80 bits per heavy atom. The van der Waals surface area contributed by atoms with Gasteiger partial charge in [0.2, 0.25) is 6.61 Å². The average Bonchev–Trinajstić information content (AvgIpc) is 1.76. The van der Waals surface area contributed by atoms with Gasteiger partial charge in [0.15, 0.2) is 0 Å². The quantitative estimate of drug-likeness (QED) is 0.225. The summed E-state index contributed by atoms with van der Waals surface area (Å²) < 4.78 is 4.32. The molecule has 0 fully saturated rings. The van der Waals surface area contributed by atoms with Crippen LogP contribution in [0, 0.1) is 0 Å². The fourth-order valence-electron chi connectivity index (χ4n) is 0.241. The third kappa shape index (κ3) is 0.375. The Balaban J connectivity index is 2.32. The van der Waals surface area contributed by atoms with Gasteiger partial charge in [-0.2, -0.15) is 0 Å². The SMILES string of the molecule is C1=[O+]OCC1. The molecule has 2 heteroatoms. The zero-order chi connectivity index (χ0) is 3.54. The molecule has 5 heavy (non-hydrogen) atoms. The Labute approximate surface area is 30.0 Å². The highest BCUT2D eigenvalue weighted by Crippen LogP contribution is 1.81. The molecule has 1 aliphatic heterocycles. The van der Waals surface area contributed by atoms with Gasteiger partial charge in [-0.25, -0.2) is 0 Å². The van der Waals surface area contributed by atoms with Gasteiger partial charge in [-0.3, -0.25) is 0 Å². The van der Waals surface area contributed by atoms with E-state index in [2.05, 4.69) is 9.46 Å². The van der Waals surface area contributed by atoms with E-state index in [-0.39, 0.29) is 0 Å². The van der Waals surface area contributed by atoms with Gasteiger partial charge in [-0.15, -0.1) is 4.89 Å². The highest BCUT2D eigenvalue weighted by molar-refractivity contribution is 5.50. The molecule has 0 unspecified atom stereocenters. The number of hydrogen-bond donors (Lipinski definition) is 0. The van der Waals surface area contributed by atoms with Crippen molar-refractivity contribution in [2.45, 2.75) is 6.42 Å². The molecule has 1 aliphatic rings. The molecule has 0 saturated carbocycles. The molecular formula is C3H5O2+. The predicted octanol–water partition coefficient (Wildman–Crippen LogP) is 0.0563. The molecule has 1 heterocycles. The van der Waals surface area contributed by atoms with Crippen molar-refractivity contribution in [3.05, 3.63) is 0 Å². The van der Waals surface area contributed by atoms with E-state index < -0.39 is 0 Å². The topological polar surface area (TPSA) is 20.5 Å². The first-order valence-corrected chi connectivity index (χ1v) is 1.60. The van der Waals surface area contributed by atoms with Gasteiger partial charge >= 0.3 is 6.29 Å². The van der Waals surface area contributed by atoms with Gasteiger partial charge in [0.1, 0.15) is 6.42 Å². The number of rotatable bonds is 0. The molecule has 2 nitrogen and oxygen atoms in total. The standard InChI is InChI=1S/C3H5O2/c1-2-4-5-3-1/h2H,1,3H2/q+1. The molecular weight excluding hydrogens is 68.0 g/mol. The molecule has 0 saturated heterocycles. The summed E-state index contributed by atoms with van der Waals surface area (Å²) in [5.41, 5.74) is 0. The maximum absolute atomic E-state index is 4.39. The van der Waals surface area contributed by atoms with Gasteiger partial charge in [0, 0.05) is 4.58 Å². The fraction of sp³-hybridized carbons (Fsp3) is 0.667. The van der Waals surface area contributed by atoms with Gasteiger partial charge in [-0.1, -0.05) is 0 Å². The van der Waals surface area contributed by atoms with Crippen LogP contribution < -0.4 is 0 Å². The maximum atomic E-state index is 4.39. The fourth-order valence-corrected chi connectivity index (χ4v) is 0.241. The third-order valence-electron chi connectivity index (χ3n) is 0.455. The Morgan fingerprint density at radius 3 is 3.00 bits per heavy atom. The lowest BCUT2D eigenvalue weighted by Crippen LogP contribution is -1.73. The van der Waals surface area contributed by atoms with Crippen LogP contribution in [0.15, 0.2) is 0 Å². The molecule has 0 aromatic carbocycles. The second kappa shape index (κ2) is 1.06. The molecule has 0 aromatic rings. The molecule has 1 rings (SSSR count). The second-order valence-corrected chi connectivity index (χ2v) is 0.874. The number of carbonyl (C=O) groups excluding carboxylic acids is 1. The van der Waals surface area contributed by atoms with Crippen LogP contribution in [0.3, 0.4) is 0 Å². The van der Waals surface area contributed by atoms with E-state index in [9.17, 15) is 0 Å². The van der Waals surface area contributed by atoms with E-state index in [1.807, 2.05) is 0 Å². The average molecular weight is 73.1 g/mol. The maximum Gasteiger partial charge on any atom is 0.378 e. The van der Waals surface area contributed by atoms with Crippen LogP contribution in [0.25, 0.3) is 0 Å².